The molecule has 2 heterocycles. The molecule has 4 rings (SSSR count). The number of para-hydroxylation sites is 1. The van der Waals surface area contributed by atoms with Gasteiger partial charge < -0.3 is 0 Å². The van der Waals surface area contributed by atoms with Crippen molar-refractivity contribution in [3.63, 3.8) is 0 Å². The Morgan fingerprint density at radius 3 is 2.38 bits per heavy atom. The fourth-order valence-corrected chi connectivity index (χ4v) is 3.07. The molecule has 0 radical (unpaired) electrons. The normalized spacial score (nSPS) is 11.2. The number of rotatable bonds is 3. The fourth-order valence-electron chi connectivity index (χ4n) is 3.07. The third kappa shape index (κ3) is 3.43. The average Bonchev–Trinajstić information content (AvgIpc) is 3.06. The standard InChI is InChI=1S/C21H18N6O2/c1-14-18-19(27(25-14)17-11-7-4-8-12-17)23-15(2)26(20(18)28)21(29)24-22-13-16-9-5-3-6-10-16/h3-13H,1-2H3,(H,24,29)/b22-13+. The Labute approximate surface area is 166 Å². The van der Waals surface area contributed by atoms with Crippen molar-refractivity contribution in [3.05, 3.63) is 88.1 Å². The van der Waals surface area contributed by atoms with Crippen LogP contribution >= 0.6 is 0 Å². The van der Waals surface area contributed by atoms with E-state index in [0.29, 0.717) is 16.7 Å². The highest BCUT2D eigenvalue weighted by atomic mass is 16.2. The van der Waals surface area contributed by atoms with Crippen LogP contribution in [0.15, 0.2) is 70.6 Å². The molecule has 0 atom stereocenters. The van der Waals surface area contributed by atoms with Crippen molar-refractivity contribution in [2.24, 2.45) is 5.10 Å². The molecule has 1 N–H and O–H groups in total. The molecular weight excluding hydrogens is 368 g/mol. The van der Waals surface area contributed by atoms with Crippen LogP contribution in [0.2, 0.25) is 0 Å². The highest BCUT2D eigenvalue weighted by Gasteiger charge is 2.20. The summed E-state index contributed by atoms with van der Waals surface area (Å²) in [4.78, 5) is 30.1. The number of hydrogen-bond acceptors (Lipinski definition) is 5. The van der Waals surface area contributed by atoms with Gasteiger partial charge in [0.2, 0.25) is 0 Å². The molecule has 0 spiro atoms. The van der Waals surface area contributed by atoms with Crippen molar-refractivity contribution >= 4 is 23.3 Å². The van der Waals surface area contributed by atoms with Crippen molar-refractivity contribution in [1.29, 1.82) is 0 Å². The Balaban J connectivity index is 1.73. The van der Waals surface area contributed by atoms with Gasteiger partial charge in [-0.2, -0.15) is 10.2 Å². The summed E-state index contributed by atoms with van der Waals surface area (Å²) in [7, 11) is 0. The molecule has 0 saturated heterocycles. The second-order valence-electron chi connectivity index (χ2n) is 6.42. The summed E-state index contributed by atoms with van der Waals surface area (Å²) in [5.74, 6) is 0.243. The van der Waals surface area contributed by atoms with E-state index in [2.05, 4.69) is 20.6 Å². The monoisotopic (exact) mass is 386 g/mol. The number of benzene rings is 2. The molecule has 0 aliphatic rings. The van der Waals surface area contributed by atoms with Gasteiger partial charge in [0.25, 0.3) is 5.56 Å². The Kier molecular flexibility index (Phi) is 4.74. The predicted molar refractivity (Wildman–Crippen MR) is 111 cm³/mol. The van der Waals surface area contributed by atoms with Crippen LogP contribution in [0.3, 0.4) is 0 Å². The lowest BCUT2D eigenvalue weighted by Gasteiger charge is -2.08. The molecule has 0 aliphatic carbocycles. The zero-order valence-electron chi connectivity index (χ0n) is 15.9. The second-order valence-corrected chi connectivity index (χ2v) is 6.42. The maximum atomic E-state index is 13.0. The molecule has 4 aromatic rings. The summed E-state index contributed by atoms with van der Waals surface area (Å²) in [6, 6.07) is 18.0. The van der Waals surface area contributed by atoms with E-state index in [1.165, 1.54) is 6.21 Å². The summed E-state index contributed by atoms with van der Waals surface area (Å²) in [5.41, 5.74) is 4.41. The number of fused-ring (bicyclic) bond motifs is 1. The number of aryl methyl sites for hydroxylation is 2. The first-order valence-corrected chi connectivity index (χ1v) is 8.99. The number of nitrogens with zero attached hydrogens (tertiary/aromatic N) is 5. The SMILES string of the molecule is Cc1nn(-c2ccccc2)c2nc(C)n(C(=O)N/N=C/c3ccccc3)c(=O)c12. The zero-order valence-corrected chi connectivity index (χ0v) is 15.9. The van der Waals surface area contributed by atoms with Crippen LogP contribution in [0, 0.1) is 13.8 Å². The summed E-state index contributed by atoms with van der Waals surface area (Å²) in [6.07, 6.45) is 1.50. The van der Waals surface area contributed by atoms with Crippen LogP contribution in [0.1, 0.15) is 17.1 Å². The van der Waals surface area contributed by atoms with E-state index in [1.54, 1.807) is 18.5 Å². The number of carbonyl (C=O) groups excluding carboxylic acids is 1. The van der Waals surface area contributed by atoms with Gasteiger partial charge in [0.05, 0.1) is 17.6 Å². The summed E-state index contributed by atoms with van der Waals surface area (Å²) < 4.78 is 2.57. The molecule has 2 aromatic heterocycles. The lowest BCUT2D eigenvalue weighted by molar-refractivity contribution is 0.241. The summed E-state index contributed by atoms with van der Waals surface area (Å²) >= 11 is 0. The third-order valence-corrected chi connectivity index (χ3v) is 4.42. The molecule has 0 bridgehead atoms. The molecule has 0 unspecified atom stereocenters. The minimum absolute atomic E-state index is 0.243. The van der Waals surface area contributed by atoms with Crippen LogP contribution in [0.25, 0.3) is 16.7 Å². The Morgan fingerprint density at radius 2 is 1.69 bits per heavy atom. The van der Waals surface area contributed by atoms with E-state index in [9.17, 15) is 9.59 Å². The molecule has 0 fully saturated rings. The summed E-state index contributed by atoms with van der Waals surface area (Å²) in [5, 5.41) is 8.66. The Morgan fingerprint density at radius 1 is 1.03 bits per heavy atom. The van der Waals surface area contributed by atoms with Gasteiger partial charge in [-0.05, 0) is 31.5 Å². The van der Waals surface area contributed by atoms with Crippen molar-refractivity contribution in [3.8, 4) is 5.69 Å². The first kappa shape index (κ1) is 18.3. The first-order valence-electron chi connectivity index (χ1n) is 8.99. The first-order chi connectivity index (χ1) is 14.1. The van der Waals surface area contributed by atoms with Gasteiger partial charge in [-0.15, -0.1) is 0 Å². The van der Waals surface area contributed by atoms with Crippen molar-refractivity contribution in [1.82, 2.24) is 24.8 Å². The smallest absolute Gasteiger partial charge is 0.268 e. The van der Waals surface area contributed by atoms with Gasteiger partial charge >= 0.3 is 6.03 Å². The topological polar surface area (TPSA) is 94.2 Å². The van der Waals surface area contributed by atoms with Gasteiger partial charge in [-0.1, -0.05) is 48.5 Å². The van der Waals surface area contributed by atoms with Crippen molar-refractivity contribution in [2.45, 2.75) is 13.8 Å². The molecule has 2 aromatic carbocycles. The number of nitrogens with one attached hydrogen (secondary N) is 1. The summed E-state index contributed by atoms with van der Waals surface area (Å²) in [6.45, 7) is 3.31. The molecule has 0 saturated carbocycles. The van der Waals surface area contributed by atoms with Gasteiger partial charge in [-0.3, -0.25) is 4.79 Å². The molecule has 144 valence electrons. The maximum Gasteiger partial charge on any atom is 0.350 e. The highest BCUT2D eigenvalue weighted by Crippen LogP contribution is 2.17. The van der Waals surface area contributed by atoms with E-state index in [0.717, 1.165) is 15.8 Å². The molecular formula is C21H18N6O2. The van der Waals surface area contributed by atoms with Crippen LogP contribution in [0.4, 0.5) is 4.79 Å². The van der Waals surface area contributed by atoms with Crippen LogP contribution < -0.4 is 11.0 Å². The van der Waals surface area contributed by atoms with Crippen LogP contribution in [-0.2, 0) is 0 Å². The number of carbonyl (C=O) groups is 1. The van der Waals surface area contributed by atoms with Gasteiger partial charge in [0.1, 0.15) is 11.2 Å². The van der Waals surface area contributed by atoms with E-state index in [-0.39, 0.29) is 5.82 Å². The fraction of sp³-hybridized carbons (Fsp3) is 0.0952. The van der Waals surface area contributed by atoms with Gasteiger partial charge in [-0.25, -0.2) is 24.5 Å². The molecule has 8 nitrogen and oxygen atoms in total. The van der Waals surface area contributed by atoms with Crippen molar-refractivity contribution < 1.29 is 4.79 Å². The average molecular weight is 386 g/mol. The van der Waals surface area contributed by atoms with Crippen molar-refractivity contribution in [2.75, 3.05) is 0 Å². The van der Waals surface area contributed by atoms with E-state index in [4.69, 9.17) is 0 Å². The quantitative estimate of drug-likeness (QED) is 0.433. The lowest BCUT2D eigenvalue weighted by atomic mass is 10.2. The van der Waals surface area contributed by atoms with E-state index >= 15 is 0 Å². The largest absolute Gasteiger partial charge is 0.350 e. The molecule has 29 heavy (non-hydrogen) atoms. The second kappa shape index (κ2) is 7.51. The minimum Gasteiger partial charge on any atom is -0.268 e. The maximum absolute atomic E-state index is 13.0. The lowest BCUT2D eigenvalue weighted by Crippen LogP contribution is -2.36. The Hall–Kier alpha value is -4.07. The zero-order chi connectivity index (χ0) is 20.4. The van der Waals surface area contributed by atoms with Crippen LogP contribution in [-0.4, -0.2) is 31.6 Å². The molecule has 8 heteroatoms. The minimum atomic E-state index is -0.680. The number of aromatic nitrogens is 4. The number of hydrogen-bond donors (Lipinski definition) is 1. The highest BCUT2D eigenvalue weighted by molar-refractivity contribution is 5.85. The van der Waals surface area contributed by atoms with E-state index < -0.39 is 11.6 Å². The predicted octanol–water partition coefficient (Wildman–Crippen LogP) is 2.79. The third-order valence-electron chi connectivity index (χ3n) is 4.42. The van der Waals surface area contributed by atoms with Gasteiger partial charge in [0.15, 0.2) is 5.65 Å². The van der Waals surface area contributed by atoms with Gasteiger partial charge in [0, 0.05) is 0 Å². The molecule has 0 aliphatic heterocycles. The van der Waals surface area contributed by atoms with Crippen LogP contribution in [0.5, 0.6) is 0 Å². The van der Waals surface area contributed by atoms with E-state index in [1.807, 2.05) is 60.7 Å². The Bertz CT molecular complexity index is 1270. The molecule has 1 amide bonds. The number of amides is 1. The number of hydrazone groups is 1.